The summed E-state index contributed by atoms with van der Waals surface area (Å²) in [6.07, 6.45) is 2.32. The zero-order valence-electron chi connectivity index (χ0n) is 6.08. The van der Waals surface area contributed by atoms with Gasteiger partial charge in [-0.05, 0) is 17.2 Å². The SMILES string of the molecule is O=C1C=C(c2ccccc2)C1. The molecule has 0 unspecified atom stereocenters. The second-order valence-corrected chi connectivity index (χ2v) is 2.68. The number of carbonyl (C=O) groups is 1. The number of allylic oxidation sites excluding steroid dienone is 2. The zero-order chi connectivity index (χ0) is 7.68. The van der Waals surface area contributed by atoms with Crippen LogP contribution in [0.3, 0.4) is 0 Å². The summed E-state index contributed by atoms with van der Waals surface area (Å²) in [4.78, 5) is 10.6. The van der Waals surface area contributed by atoms with Gasteiger partial charge >= 0.3 is 0 Å². The molecule has 1 heteroatoms. The Morgan fingerprint density at radius 3 is 2.27 bits per heavy atom. The first-order valence-corrected chi connectivity index (χ1v) is 3.65. The molecule has 2 rings (SSSR count). The number of ketones is 1. The summed E-state index contributed by atoms with van der Waals surface area (Å²) in [7, 11) is 0. The molecule has 0 amide bonds. The molecular weight excluding hydrogens is 136 g/mol. The van der Waals surface area contributed by atoms with Crippen LogP contribution >= 0.6 is 0 Å². The summed E-state index contributed by atoms with van der Waals surface area (Å²) in [5.74, 6) is 0.240. The van der Waals surface area contributed by atoms with Crippen LogP contribution in [0.15, 0.2) is 36.4 Å². The molecular formula is C10H8O. The van der Waals surface area contributed by atoms with Gasteiger partial charge in [-0.1, -0.05) is 30.3 Å². The van der Waals surface area contributed by atoms with Gasteiger partial charge in [-0.2, -0.15) is 0 Å². The molecule has 54 valence electrons. The van der Waals surface area contributed by atoms with E-state index in [9.17, 15) is 4.79 Å². The lowest BCUT2D eigenvalue weighted by Crippen LogP contribution is -2.06. The Bertz CT molecular complexity index is 309. The smallest absolute Gasteiger partial charge is 0.160 e. The molecule has 11 heavy (non-hydrogen) atoms. The van der Waals surface area contributed by atoms with Gasteiger partial charge in [0.15, 0.2) is 5.78 Å². The maximum absolute atomic E-state index is 10.6. The maximum Gasteiger partial charge on any atom is 0.160 e. The van der Waals surface area contributed by atoms with Crippen molar-refractivity contribution in [3.63, 3.8) is 0 Å². The van der Waals surface area contributed by atoms with E-state index in [1.807, 2.05) is 30.3 Å². The van der Waals surface area contributed by atoms with E-state index in [1.54, 1.807) is 6.08 Å². The van der Waals surface area contributed by atoms with Crippen LogP contribution < -0.4 is 0 Å². The van der Waals surface area contributed by atoms with E-state index in [2.05, 4.69) is 0 Å². The summed E-state index contributed by atoms with van der Waals surface area (Å²) in [5.41, 5.74) is 2.34. The largest absolute Gasteiger partial charge is 0.294 e. The van der Waals surface area contributed by atoms with Gasteiger partial charge in [-0.3, -0.25) is 4.79 Å². The molecule has 0 N–H and O–H groups in total. The Morgan fingerprint density at radius 2 is 1.73 bits per heavy atom. The Labute approximate surface area is 65.4 Å². The lowest BCUT2D eigenvalue weighted by Gasteiger charge is -2.12. The highest BCUT2D eigenvalue weighted by molar-refractivity contribution is 6.11. The highest BCUT2D eigenvalue weighted by Gasteiger charge is 2.15. The Balaban J connectivity index is 2.33. The molecule has 1 aromatic rings. The molecule has 0 bridgehead atoms. The average molecular weight is 144 g/mol. The van der Waals surface area contributed by atoms with Crippen LogP contribution in [0, 0.1) is 0 Å². The predicted molar refractivity (Wildman–Crippen MR) is 44.0 cm³/mol. The van der Waals surface area contributed by atoms with Crippen LogP contribution in [0.4, 0.5) is 0 Å². The van der Waals surface area contributed by atoms with Crippen LogP contribution in [0.1, 0.15) is 12.0 Å². The van der Waals surface area contributed by atoms with E-state index in [4.69, 9.17) is 0 Å². The van der Waals surface area contributed by atoms with Gasteiger partial charge in [0.1, 0.15) is 0 Å². The van der Waals surface area contributed by atoms with Crippen molar-refractivity contribution in [2.24, 2.45) is 0 Å². The van der Waals surface area contributed by atoms with E-state index in [0.29, 0.717) is 6.42 Å². The fraction of sp³-hybridized carbons (Fsp3) is 0.100. The number of rotatable bonds is 1. The van der Waals surface area contributed by atoms with E-state index in [0.717, 1.165) is 5.57 Å². The highest BCUT2D eigenvalue weighted by Crippen LogP contribution is 2.25. The van der Waals surface area contributed by atoms with Gasteiger partial charge in [0, 0.05) is 6.42 Å². The second-order valence-electron chi connectivity index (χ2n) is 2.68. The zero-order valence-corrected chi connectivity index (χ0v) is 6.08. The van der Waals surface area contributed by atoms with Crippen molar-refractivity contribution in [1.82, 2.24) is 0 Å². The second kappa shape index (κ2) is 2.35. The van der Waals surface area contributed by atoms with Crippen LogP contribution in [-0.2, 0) is 4.79 Å². The Hall–Kier alpha value is -1.37. The van der Waals surface area contributed by atoms with Gasteiger partial charge in [-0.15, -0.1) is 0 Å². The quantitative estimate of drug-likeness (QED) is 0.589. The van der Waals surface area contributed by atoms with E-state index in [-0.39, 0.29) is 5.78 Å². The number of benzene rings is 1. The minimum Gasteiger partial charge on any atom is -0.294 e. The van der Waals surface area contributed by atoms with Gasteiger partial charge in [0.05, 0.1) is 0 Å². The number of carbonyl (C=O) groups excluding carboxylic acids is 1. The van der Waals surface area contributed by atoms with Crippen molar-refractivity contribution in [2.45, 2.75) is 6.42 Å². The minimum atomic E-state index is 0.240. The first kappa shape index (κ1) is 6.35. The van der Waals surface area contributed by atoms with Gasteiger partial charge in [0.2, 0.25) is 0 Å². The summed E-state index contributed by atoms with van der Waals surface area (Å²) < 4.78 is 0. The third kappa shape index (κ3) is 1.09. The Kier molecular flexibility index (Phi) is 1.35. The molecule has 0 saturated heterocycles. The first-order chi connectivity index (χ1) is 5.36. The van der Waals surface area contributed by atoms with E-state index in [1.165, 1.54) is 5.56 Å². The molecule has 0 saturated carbocycles. The molecule has 0 aromatic heterocycles. The fourth-order valence-electron chi connectivity index (χ4n) is 1.19. The third-order valence-corrected chi connectivity index (χ3v) is 1.84. The van der Waals surface area contributed by atoms with Crippen LogP contribution in [-0.4, -0.2) is 5.78 Å². The molecule has 0 spiro atoms. The molecule has 0 heterocycles. The standard InChI is InChI=1S/C10H8O/c11-10-6-9(7-10)8-4-2-1-3-5-8/h1-6H,7H2. The van der Waals surface area contributed by atoms with Crippen LogP contribution in [0.5, 0.6) is 0 Å². The van der Waals surface area contributed by atoms with Crippen molar-refractivity contribution in [1.29, 1.82) is 0 Å². The minimum absolute atomic E-state index is 0.240. The third-order valence-electron chi connectivity index (χ3n) is 1.84. The van der Waals surface area contributed by atoms with Gasteiger partial charge < -0.3 is 0 Å². The van der Waals surface area contributed by atoms with Crippen molar-refractivity contribution >= 4 is 11.4 Å². The van der Waals surface area contributed by atoms with Crippen molar-refractivity contribution in [2.75, 3.05) is 0 Å². The highest BCUT2D eigenvalue weighted by atomic mass is 16.1. The Morgan fingerprint density at radius 1 is 1.09 bits per heavy atom. The number of hydrogen-bond acceptors (Lipinski definition) is 1. The van der Waals surface area contributed by atoms with Gasteiger partial charge in [-0.25, -0.2) is 0 Å². The van der Waals surface area contributed by atoms with Crippen molar-refractivity contribution in [3.8, 4) is 0 Å². The van der Waals surface area contributed by atoms with Crippen LogP contribution in [0.25, 0.3) is 5.57 Å². The van der Waals surface area contributed by atoms with E-state index >= 15 is 0 Å². The van der Waals surface area contributed by atoms with Crippen molar-refractivity contribution in [3.05, 3.63) is 42.0 Å². The van der Waals surface area contributed by atoms with E-state index < -0.39 is 0 Å². The number of hydrogen-bond donors (Lipinski definition) is 0. The topological polar surface area (TPSA) is 17.1 Å². The van der Waals surface area contributed by atoms with Crippen molar-refractivity contribution < 1.29 is 4.79 Å². The predicted octanol–water partition coefficient (Wildman–Crippen LogP) is 2.04. The fourth-order valence-corrected chi connectivity index (χ4v) is 1.19. The average Bonchev–Trinajstić information content (AvgIpc) is 2.01. The van der Waals surface area contributed by atoms with Crippen LogP contribution in [0.2, 0.25) is 0 Å². The monoisotopic (exact) mass is 144 g/mol. The molecule has 0 radical (unpaired) electrons. The molecule has 0 atom stereocenters. The molecule has 1 nitrogen and oxygen atoms in total. The summed E-state index contributed by atoms with van der Waals surface area (Å²) in [6, 6.07) is 10.00. The molecule has 0 aliphatic heterocycles. The molecule has 1 aromatic carbocycles. The summed E-state index contributed by atoms with van der Waals surface area (Å²) in [5, 5.41) is 0. The summed E-state index contributed by atoms with van der Waals surface area (Å²) in [6.45, 7) is 0. The normalized spacial score (nSPS) is 15.6. The lowest BCUT2D eigenvalue weighted by atomic mass is 9.91. The molecule has 0 fully saturated rings. The first-order valence-electron chi connectivity index (χ1n) is 3.65. The van der Waals surface area contributed by atoms with Gasteiger partial charge in [0.25, 0.3) is 0 Å². The summed E-state index contributed by atoms with van der Waals surface area (Å²) >= 11 is 0. The molecule has 1 aliphatic carbocycles. The lowest BCUT2D eigenvalue weighted by molar-refractivity contribution is -0.114. The maximum atomic E-state index is 10.6. The molecule has 1 aliphatic rings.